The number of hydrogen-bond acceptors (Lipinski definition) is 2. The number of carbonyl (C=O) groups is 1. The van der Waals surface area contributed by atoms with Crippen molar-refractivity contribution in [1.82, 2.24) is 0 Å². The molecule has 0 atom stereocenters. The Hall–Kier alpha value is -2.30. The Bertz CT molecular complexity index is 849. The van der Waals surface area contributed by atoms with Crippen molar-refractivity contribution in [3.63, 3.8) is 0 Å². The van der Waals surface area contributed by atoms with Gasteiger partial charge in [0.05, 0.1) is 11.1 Å². The Morgan fingerprint density at radius 2 is 1.33 bits per heavy atom. The third-order valence-corrected chi connectivity index (χ3v) is 4.50. The molecular formula is C22H25F3O2. The van der Waals surface area contributed by atoms with Gasteiger partial charge in [-0.1, -0.05) is 59.7 Å². The van der Waals surface area contributed by atoms with E-state index in [0.717, 1.165) is 29.8 Å². The number of alkyl halides is 3. The van der Waals surface area contributed by atoms with Gasteiger partial charge in [-0.25, -0.2) is 0 Å². The van der Waals surface area contributed by atoms with Gasteiger partial charge in [0.15, 0.2) is 5.78 Å². The summed E-state index contributed by atoms with van der Waals surface area (Å²) in [5.41, 5.74) is 0.229. The highest BCUT2D eigenvalue weighted by Gasteiger charge is 2.31. The average Bonchev–Trinajstić information content (AvgIpc) is 2.51. The summed E-state index contributed by atoms with van der Waals surface area (Å²) in [5, 5.41) is 10.7. The minimum Gasteiger partial charge on any atom is -0.507 e. The Labute approximate surface area is 158 Å². The van der Waals surface area contributed by atoms with Crippen LogP contribution in [0.25, 0.3) is 0 Å². The van der Waals surface area contributed by atoms with E-state index in [9.17, 15) is 23.1 Å². The molecule has 0 unspecified atom stereocenters. The molecule has 0 fully saturated rings. The zero-order valence-electron chi connectivity index (χ0n) is 16.5. The van der Waals surface area contributed by atoms with Crippen LogP contribution in [0.4, 0.5) is 13.2 Å². The number of carbonyl (C=O) groups excluding carboxylic acids is 1. The molecular weight excluding hydrogens is 353 g/mol. The molecule has 146 valence electrons. The lowest BCUT2D eigenvalue weighted by atomic mass is 9.78. The number of phenols is 1. The second kappa shape index (κ2) is 6.70. The fraction of sp³-hybridized carbons (Fsp3) is 0.409. The highest BCUT2D eigenvalue weighted by molar-refractivity contribution is 6.11. The van der Waals surface area contributed by atoms with E-state index in [4.69, 9.17) is 0 Å². The zero-order chi connectivity index (χ0) is 20.8. The van der Waals surface area contributed by atoms with Crippen molar-refractivity contribution in [2.75, 3.05) is 0 Å². The third-order valence-electron chi connectivity index (χ3n) is 4.50. The Morgan fingerprint density at radius 3 is 1.74 bits per heavy atom. The first-order chi connectivity index (χ1) is 12.1. The smallest absolute Gasteiger partial charge is 0.416 e. The summed E-state index contributed by atoms with van der Waals surface area (Å²) in [6.07, 6.45) is -4.46. The summed E-state index contributed by atoms with van der Waals surface area (Å²) in [7, 11) is 0. The average molecular weight is 378 g/mol. The quantitative estimate of drug-likeness (QED) is 0.628. The van der Waals surface area contributed by atoms with Crippen molar-refractivity contribution in [3.05, 3.63) is 64.2 Å². The standard InChI is InChI=1S/C22H25F3O2/c1-20(2,3)15-11-16(19(27)17(12-15)21(4,5)6)18(26)13-7-9-14(10-8-13)22(23,24)25/h7-12,27H,1-6H3. The van der Waals surface area contributed by atoms with Crippen LogP contribution in [0.5, 0.6) is 5.75 Å². The predicted molar refractivity (Wildman–Crippen MR) is 100 cm³/mol. The van der Waals surface area contributed by atoms with Crippen LogP contribution in [-0.2, 0) is 17.0 Å². The van der Waals surface area contributed by atoms with E-state index < -0.39 is 22.9 Å². The SMILES string of the molecule is CC(C)(C)c1cc(C(=O)c2ccc(C(F)(F)F)cc2)c(O)c(C(C)(C)C)c1. The summed E-state index contributed by atoms with van der Waals surface area (Å²) in [6.45, 7) is 11.8. The van der Waals surface area contributed by atoms with Crippen LogP contribution >= 0.6 is 0 Å². The van der Waals surface area contributed by atoms with Crippen LogP contribution in [0.3, 0.4) is 0 Å². The van der Waals surface area contributed by atoms with Gasteiger partial charge in [-0.05, 0) is 34.6 Å². The number of hydrogen-bond donors (Lipinski definition) is 1. The van der Waals surface area contributed by atoms with Gasteiger partial charge in [-0.2, -0.15) is 13.2 Å². The maximum absolute atomic E-state index is 12.9. The first-order valence-electron chi connectivity index (χ1n) is 8.72. The molecule has 0 bridgehead atoms. The van der Waals surface area contributed by atoms with Crippen molar-refractivity contribution < 1.29 is 23.1 Å². The van der Waals surface area contributed by atoms with Crippen molar-refractivity contribution in [2.24, 2.45) is 0 Å². The molecule has 0 radical (unpaired) electrons. The van der Waals surface area contributed by atoms with Crippen LogP contribution in [0.2, 0.25) is 0 Å². The number of aromatic hydroxyl groups is 1. The molecule has 2 aromatic rings. The van der Waals surface area contributed by atoms with Crippen molar-refractivity contribution in [1.29, 1.82) is 0 Å². The van der Waals surface area contributed by atoms with Gasteiger partial charge < -0.3 is 5.11 Å². The van der Waals surface area contributed by atoms with Crippen LogP contribution in [0, 0.1) is 0 Å². The number of phenolic OH excluding ortho intramolecular Hbond substituents is 1. The van der Waals surface area contributed by atoms with Crippen LogP contribution in [0.15, 0.2) is 36.4 Å². The molecule has 0 spiro atoms. The molecule has 27 heavy (non-hydrogen) atoms. The molecule has 0 amide bonds. The van der Waals surface area contributed by atoms with E-state index >= 15 is 0 Å². The molecule has 0 saturated carbocycles. The fourth-order valence-corrected chi connectivity index (χ4v) is 2.78. The highest BCUT2D eigenvalue weighted by atomic mass is 19.4. The van der Waals surface area contributed by atoms with E-state index in [-0.39, 0.29) is 22.3 Å². The summed E-state index contributed by atoms with van der Waals surface area (Å²) < 4.78 is 38.3. The van der Waals surface area contributed by atoms with Gasteiger partial charge in [0.2, 0.25) is 0 Å². The molecule has 0 aromatic heterocycles. The second-order valence-corrected chi connectivity index (χ2v) is 8.82. The zero-order valence-corrected chi connectivity index (χ0v) is 16.5. The maximum Gasteiger partial charge on any atom is 0.416 e. The molecule has 2 rings (SSSR count). The number of ketones is 1. The van der Waals surface area contributed by atoms with Gasteiger partial charge >= 0.3 is 6.18 Å². The molecule has 0 aliphatic rings. The lowest BCUT2D eigenvalue weighted by Crippen LogP contribution is -2.19. The monoisotopic (exact) mass is 378 g/mol. The molecule has 0 aliphatic heterocycles. The van der Waals surface area contributed by atoms with Gasteiger partial charge in [-0.15, -0.1) is 0 Å². The van der Waals surface area contributed by atoms with Crippen LogP contribution in [-0.4, -0.2) is 10.9 Å². The van der Waals surface area contributed by atoms with Gasteiger partial charge in [0.25, 0.3) is 0 Å². The Balaban J connectivity index is 2.61. The number of rotatable bonds is 2. The summed E-state index contributed by atoms with van der Waals surface area (Å²) in [4.78, 5) is 12.9. The number of benzene rings is 2. The Morgan fingerprint density at radius 1 is 0.815 bits per heavy atom. The largest absolute Gasteiger partial charge is 0.507 e. The first kappa shape index (κ1) is 21.0. The van der Waals surface area contributed by atoms with Gasteiger partial charge in [-0.3, -0.25) is 4.79 Å². The lowest BCUT2D eigenvalue weighted by molar-refractivity contribution is -0.137. The van der Waals surface area contributed by atoms with E-state index in [1.807, 2.05) is 47.6 Å². The van der Waals surface area contributed by atoms with E-state index in [2.05, 4.69) is 0 Å². The van der Waals surface area contributed by atoms with Crippen molar-refractivity contribution in [3.8, 4) is 5.75 Å². The molecule has 2 nitrogen and oxygen atoms in total. The summed E-state index contributed by atoms with van der Waals surface area (Å²) >= 11 is 0. The molecule has 1 N–H and O–H groups in total. The predicted octanol–water partition coefficient (Wildman–Crippen LogP) is 6.24. The summed E-state index contributed by atoms with van der Waals surface area (Å²) in [6, 6.07) is 7.56. The van der Waals surface area contributed by atoms with E-state index in [0.29, 0.717) is 5.56 Å². The maximum atomic E-state index is 12.9. The third kappa shape index (κ3) is 4.52. The molecule has 2 aromatic carbocycles. The first-order valence-corrected chi connectivity index (χ1v) is 8.72. The minimum atomic E-state index is -4.46. The summed E-state index contributed by atoms with van der Waals surface area (Å²) in [5.74, 6) is -0.627. The number of halogens is 3. The van der Waals surface area contributed by atoms with Gasteiger partial charge in [0, 0.05) is 11.1 Å². The minimum absolute atomic E-state index is 0.101. The van der Waals surface area contributed by atoms with E-state index in [1.165, 1.54) is 0 Å². The van der Waals surface area contributed by atoms with E-state index in [1.54, 1.807) is 6.07 Å². The van der Waals surface area contributed by atoms with Crippen molar-refractivity contribution in [2.45, 2.75) is 58.5 Å². The van der Waals surface area contributed by atoms with Crippen molar-refractivity contribution >= 4 is 5.78 Å². The van der Waals surface area contributed by atoms with Crippen LogP contribution in [0.1, 0.15) is 74.2 Å². The normalized spacial score (nSPS) is 12.9. The fourth-order valence-electron chi connectivity index (χ4n) is 2.78. The van der Waals surface area contributed by atoms with Crippen LogP contribution < -0.4 is 0 Å². The highest BCUT2D eigenvalue weighted by Crippen LogP contribution is 2.38. The molecule has 0 heterocycles. The molecule has 0 saturated heterocycles. The molecule has 0 aliphatic carbocycles. The Kier molecular flexibility index (Phi) is 5.21. The molecule has 5 heteroatoms. The second-order valence-electron chi connectivity index (χ2n) is 8.82. The topological polar surface area (TPSA) is 37.3 Å². The van der Waals surface area contributed by atoms with Gasteiger partial charge in [0.1, 0.15) is 5.75 Å². The lowest BCUT2D eigenvalue weighted by Gasteiger charge is -2.27.